The van der Waals surface area contributed by atoms with E-state index in [1.54, 1.807) is 23.5 Å². The molecule has 0 spiro atoms. The molecular formula is C20H18FN5S. The predicted octanol–water partition coefficient (Wildman–Crippen LogP) is 4.03. The molecule has 1 unspecified atom stereocenters. The minimum atomic E-state index is -0.229. The van der Waals surface area contributed by atoms with Crippen LogP contribution in [-0.4, -0.2) is 34.3 Å². The maximum absolute atomic E-state index is 14.3. The van der Waals surface area contributed by atoms with Gasteiger partial charge in [0, 0.05) is 52.9 Å². The van der Waals surface area contributed by atoms with E-state index in [0.29, 0.717) is 5.56 Å². The summed E-state index contributed by atoms with van der Waals surface area (Å²) in [5.74, 6) is -0.229. The van der Waals surface area contributed by atoms with Crippen LogP contribution in [0.15, 0.2) is 48.7 Å². The lowest BCUT2D eigenvalue weighted by molar-refractivity contribution is 0.631. The highest BCUT2D eigenvalue weighted by Gasteiger charge is 2.22. The van der Waals surface area contributed by atoms with Gasteiger partial charge in [-0.25, -0.2) is 4.39 Å². The van der Waals surface area contributed by atoms with Gasteiger partial charge in [-0.3, -0.25) is 0 Å². The van der Waals surface area contributed by atoms with Crippen molar-refractivity contribution in [2.24, 2.45) is 5.73 Å². The van der Waals surface area contributed by atoms with Crippen molar-refractivity contribution in [2.75, 3.05) is 18.0 Å². The first-order valence-electron chi connectivity index (χ1n) is 8.89. The number of anilines is 1. The number of benzene rings is 2. The van der Waals surface area contributed by atoms with Gasteiger partial charge in [0.05, 0.1) is 0 Å². The number of aromatic amines is 1. The zero-order valence-electron chi connectivity index (χ0n) is 14.5. The van der Waals surface area contributed by atoms with Crippen molar-refractivity contribution in [3.05, 3.63) is 54.5 Å². The van der Waals surface area contributed by atoms with Gasteiger partial charge in [0.1, 0.15) is 10.8 Å². The molecule has 4 aromatic rings. The fraction of sp³-hybridized carbons (Fsp3) is 0.200. The van der Waals surface area contributed by atoms with E-state index >= 15 is 0 Å². The van der Waals surface area contributed by atoms with Crippen LogP contribution in [0.3, 0.4) is 0 Å². The van der Waals surface area contributed by atoms with Crippen LogP contribution >= 0.6 is 11.3 Å². The van der Waals surface area contributed by atoms with E-state index in [4.69, 9.17) is 5.73 Å². The average molecular weight is 379 g/mol. The van der Waals surface area contributed by atoms with E-state index in [-0.39, 0.29) is 11.9 Å². The van der Waals surface area contributed by atoms with Crippen LogP contribution in [0.5, 0.6) is 0 Å². The minimum absolute atomic E-state index is 0.205. The zero-order chi connectivity index (χ0) is 18.4. The molecule has 0 amide bonds. The van der Waals surface area contributed by atoms with Crippen molar-refractivity contribution in [3.8, 4) is 21.7 Å². The largest absolute Gasteiger partial charge is 0.361 e. The summed E-state index contributed by atoms with van der Waals surface area (Å²) in [4.78, 5) is 5.41. The quantitative estimate of drug-likeness (QED) is 0.564. The van der Waals surface area contributed by atoms with E-state index in [1.165, 1.54) is 6.07 Å². The number of fused-ring (bicyclic) bond motifs is 1. The van der Waals surface area contributed by atoms with Gasteiger partial charge in [-0.05, 0) is 30.7 Å². The third-order valence-electron chi connectivity index (χ3n) is 5.00. The van der Waals surface area contributed by atoms with E-state index in [1.807, 2.05) is 30.5 Å². The highest BCUT2D eigenvalue weighted by Crippen LogP contribution is 2.35. The predicted molar refractivity (Wildman–Crippen MR) is 107 cm³/mol. The van der Waals surface area contributed by atoms with Crippen LogP contribution in [0.2, 0.25) is 0 Å². The second-order valence-corrected chi connectivity index (χ2v) is 7.78. The van der Waals surface area contributed by atoms with Gasteiger partial charge < -0.3 is 15.6 Å². The fourth-order valence-electron chi connectivity index (χ4n) is 3.58. The van der Waals surface area contributed by atoms with Crippen LogP contribution in [0.1, 0.15) is 6.42 Å². The molecule has 1 aliphatic heterocycles. The molecule has 5 nitrogen and oxygen atoms in total. The Kier molecular flexibility index (Phi) is 3.91. The summed E-state index contributed by atoms with van der Waals surface area (Å²) in [6, 6.07) is 13.1. The molecule has 1 fully saturated rings. The topological polar surface area (TPSA) is 70.8 Å². The summed E-state index contributed by atoms with van der Waals surface area (Å²) >= 11 is 1.57. The first kappa shape index (κ1) is 16.4. The van der Waals surface area contributed by atoms with Gasteiger partial charge >= 0.3 is 0 Å². The van der Waals surface area contributed by atoms with Crippen molar-refractivity contribution >= 4 is 27.4 Å². The molecule has 0 radical (unpaired) electrons. The lowest BCUT2D eigenvalue weighted by Crippen LogP contribution is -2.26. The lowest BCUT2D eigenvalue weighted by atomic mass is 10.0. The lowest BCUT2D eigenvalue weighted by Gasteiger charge is -2.12. The standard InChI is InChI=1S/C20H18FN5S/c21-17-4-2-1-3-14(17)16-10-23-18-6-5-12(9-15(16)18)19-24-25-20(27-19)26-8-7-13(22)11-26/h1-6,9-10,13,23H,7-8,11,22H2. The maximum Gasteiger partial charge on any atom is 0.208 e. The van der Waals surface area contributed by atoms with Gasteiger partial charge in [0.2, 0.25) is 5.13 Å². The molecule has 5 rings (SSSR count). The Morgan fingerprint density at radius 1 is 1.15 bits per heavy atom. The Morgan fingerprint density at radius 3 is 2.85 bits per heavy atom. The molecule has 27 heavy (non-hydrogen) atoms. The van der Waals surface area contributed by atoms with Gasteiger partial charge in [-0.15, -0.1) is 10.2 Å². The molecule has 1 atom stereocenters. The van der Waals surface area contributed by atoms with Crippen molar-refractivity contribution < 1.29 is 4.39 Å². The normalized spacial score (nSPS) is 17.1. The number of halogens is 1. The molecule has 3 N–H and O–H groups in total. The number of nitrogens with one attached hydrogen (secondary N) is 1. The van der Waals surface area contributed by atoms with E-state index in [0.717, 1.165) is 51.7 Å². The molecule has 0 aliphatic carbocycles. The van der Waals surface area contributed by atoms with Gasteiger partial charge in [-0.1, -0.05) is 29.5 Å². The maximum atomic E-state index is 14.3. The number of aromatic nitrogens is 3. The van der Waals surface area contributed by atoms with Gasteiger partial charge in [0.25, 0.3) is 0 Å². The third-order valence-corrected chi connectivity index (χ3v) is 6.04. The van der Waals surface area contributed by atoms with E-state index in [2.05, 4.69) is 20.1 Å². The van der Waals surface area contributed by atoms with Gasteiger partial charge in [-0.2, -0.15) is 0 Å². The third kappa shape index (κ3) is 2.89. The van der Waals surface area contributed by atoms with Crippen molar-refractivity contribution in [1.29, 1.82) is 0 Å². The smallest absolute Gasteiger partial charge is 0.208 e. The molecule has 2 aromatic heterocycles. The molecular weight excluding hydrogens is 361 g/mol. The van der Waals surface area contributed by atoms with Crippen molar-refractivity contribution in [3.63, 3.8) is 0 Å². The molecule has 0 saturated carbocycles. The average Bonchev–Trinajstić information content (AvgIpc) is 3.40. The first-order chi connectivity index (χ1) is 13.2. The Bertz CT molecular complexity index is 1120. The first-order valence-corrected chi connectivity index (χ1v) is 9.71. The summed E-state index contributed by atoms with van der Waals surface area (Å²) in [6.45, 7) is 1.74. The Balaban J connectivity index is 1.54. The molecule has 0 bridgehead atoms. The number of nitrogens with zero attached hydrogens (tertiary/aromatic N) is 3. The fourth-order valence-corrected chi connectivity index (χ4v) is 4.45. The summed E-state index contributed by atoms with van der Waals surface area (Å²) in [5, 5.41) is 11.4. The second kappa shape index (κ2) is 6.44. The molecule has 2 aromatic carbocycles. The van der Waals surface area contributed by atoms with E-state index in [9.17, 15) is 4.39 Å². The highest BCUT2D eigenvalue weighted by molar-refractivity contribution is 7.18. The SMILES string of the molecule is NC1CCN(c2nnc(-c3ccc4[nH]cc(-c5ccccc5F)c4c3)s2)C1. The molecule has 3 heterocycles. The van der Waals surface area contributed by atoms with Gasteiger partial charge in [0.15, 0.2) is 0 Å². The van der Waals surface area contributed by atoms with Crippen LogP contribution in [0, 0.1) is 5.82 Å². The summed E-state index contributed by atoms with van der Waals surface area (Å²) in [7, 11) is 0. The van der Waals surface area contributed by atoms with Crippen LogP contribution in [0.25, 0.3) is 32.6 Å². The number of H-pyrrole nitrogens is 1. The van der Waals surface area contributed by atoms with E-state index < -0.39 is 0 Å². The van der Waals surface area contributed by atoms with Crippen molar-refractivity contribution in [1.82, 2.24) is 15.2 Å². The monoisotopic (exact) mass is 379 g/mol. The minimum Gasteiger partial charge on any atom is -0.361 e. The summed E-state index contributed by atoms with van der Waals surface area (Å²) in [6.07, 6.45) is 2.83. The molecule has 1 saturated heterocycles. The summed E-state index contributed by atoms with van der Waals surface area (Å²) in [5.41, 5.74) is 9.37. The Hall–Kier alpha value is -2.77. The summed E-state index contributed by atoms with van der Waals surface area (Å²) < 4.78 is 14.3. The Morgan fingerprint density at radius 2 is 2.04 bits per heavy atom. The Labute approximate surface area is 159 Å². The number of hydrogen-bond donors (Lipinski definition) is 2. The molecule has 7 heteroatoms. The number of rotatable bonds is 3. The van der Waals surface area contributed by atoms with Crippen LogP contribution in [-0.2, 0) is 0 Å². The van der Waals surface area contributed by atoms with Crippen molar-refractivity contribution in [2.45, 2.75) is 12.5 Å². The van der Waals surface area contributed by atoms with Crippen LogP contribution < -0.4 is 10.6 Å². The number of hydrogen-bond acceptors (Lipinski definition) is 5. The highest BCUT2D eigenvalue weighted by atomic mass is 32.1. The molecule has 136 valence electrons. The number of nitrogens with two attached hydrogens (primary N) is 1. The second-order valence-electron chi connectivity index (χ2n) is 6.83. The zero-order valence-corrected chi connectivity index (χ0v) is 15.3. The van der Waals surface area contributed by atoms with Crippen LogP contribution in [0.4, 0.5) is 9.52 Å². The molecule has 1 aliphatic rings.